The normalized spacial score (nSPS) is 15.5. The van der Waals surface area contributed by atoms with E-state index in [0.29, 0.717) is 0 Å². The van der Waals surface area contributed by atoms with Crippen molar-refractivity contribution >= 4 is 0 Å². The molecule has 0 spiro atoms. The van der Waals surface area contributed by atoms with Crippen LogP contribution in [-0.2, 0) is 25.7 Å². The molecule has 2 aliphatic rings. The Balaban J connectivity index is 1.91. The van der Waals surface area contributed by atoms with Crippen molar-refractivity contribution in [2.45, 2.75) is 38.5 Å². The zero-order valence-corrected chi connectivity index (χ0v) is 13.1. The predicted molar refractivity (Wildman–Crippen MR) is 84.6 cm³/mol. The zero-order valence-electron chi connectivity index (χ0n) is 13.1. The number of pyridine rings is 2. The first-order valence-corrected chi connectivity index (χ1v) is 7.94. The lowest BCUT2D eigenvalue weighted by molar-refractivity contribution is 0.407. The molecule has 0 N–H and O–H groups in total. The Bertz CT molecular complexity index is 677. The van der Waals surface area contributed by atoms with E-state index in [1.54, 1.807) is 14.2 Å². The third-order valence-electron chi connectivity index (χ3n) is 4.70. The Morgan fingerprint density at radius 3 is 1.59 bits per heavy atom. The van der Waals surface area contributed by atoms with E-state index in [1.807, 2.05) is 0 Å². The summed E-state index contributed by atoms with van der Waals surface area (Å²) in [5.74, 6) is 1.59. The summed E-state index contributed by atoms with van der Waals surface area (Å²) < 4.78 is 11.2. The van der Waals surface area contributed by atoms with Crippen LogP contribution in [-0.4, -0.2) is 24.2 Å². The molecule has 114 valence electrons. The van der Waals surface area contributed by atoms with Crippen LogP contribution in [0.3, 0.4) is 0 Å². The van der Waals surface area contributed by atoms with Crippen molar-refractivity contribution in [3.63, 3.8) is 0 Å². The molecule has 0 radical (unpaired) electrons. The van der Waals surface area contributed by atoms with Crippen LogP contribution < -0.4 is 9.47 Å². The van der Waals surface area contributed by atoms with Crippen molar-refractivity contribution in [3.05, 3.63) is 34.6 Å². The molecule has 2 aromatic heterocycles. The van der Waals surface area contributed by atoms with Crippen molar-refractivity contribution in [1.82, 2.24) is 9.97 Å². The second kappa shape index (κ2) is 5.27. The van der Waals surface area contributed by atoms with Crippen LogP contribution in [0.4, 0.5) is 0 Å². The lowest BCUT2D eigenvalue weighted by Crippen LogP contribution is -2.02. The van der Waals surface area contributed by atoms with E-state index < -0.39 is 0 Å². The molecule has 0 fully saturated rings. The molecule has 0 bridgehead atoms. The van der Waals surface area contributed by atoms with Gasteiger partial charge in [-0.3, -0.25) is 0 Å². The van der Waals surface area contributed by atoms with Gasteiger partial charge in [-0.25, -0.2) is 9.97 Å². The van der Waals surface area contributed by atoms with E-state index in [9.17, 15) is 0 Å². The first-order chi connectivity index (χ1) is 10.8. The Hall–Kier alpha value is -2.10. The lowest BCUT2D eigenvalue weighted by atomic mass is 10.1. The van der Waals surface area contributed by atoms with Crippen molar-refractivity contribution in [1.29, 1.82) is 0 Å². The average molecular weight is 296 g/mol. The maximum Gasteiger partial charge on any atom is 0.147 e. The van der Waals surface area contributed by atoms with Gasteiger partial charge in [0, 0.05) is 11.4 Å². The smallest absolute Gasteiger partial charge is 0.147 e. The summed E-state index contributed by atoms with van der Waals surface area (Å²) in [6.07, 6.45) is 6.61. The second-order valence-electron chi connectivity index (χ2n) is 6.00. The first-order valence-electron chi connectivity index (χ1n) is 7.94. The molecule has 0 atom stereocenters. The van der Waals surface area contributed by atoms with Gasteiger partial charge < -0.3 is 9.47 Å². The molecule has 2 aliphatic carbocycles. The van der Waals surface area contributed by atoms with Crippen LogP contribution in [0, 0.1) is 0 Å². The summed E-state index contributed by atoms with van der Waals surface area (Å²) in [6, 6.07) is 4.25. The second-order valence-corrected chi connectivity index (χ2v) is 6.00. The molecule has 0 unspecified atom stereocenters. The molecule has 0 amide bonds. The van der Waals surface area contributed by atoms with E-state index in [1.165, 1.54) is 35.4 Å². The zero-order chi connectivity index (χ0) is 15.1. The van der Waals surface area contributed by atoms with Crippen LogP contribution >= 0.6 is 0 Å². The van der Waals surface area contributed by atoms with Gasteiger partial charge >= 0.3 is 0 Å². The molecule has 22 heavy (non-hydrogen) atoms. The predicted octanol–water partition coefficient (Wildman–Crippen LogP) is 3.14. The summed E-state index contributed by atoms with van der Waals surface area (Å²) in [4.78, 5) is 9.72. The van der Waals surface area contributed by atoms with E-state index in [2.05, 4.69) is 12.1 Å². The molecule has 0 saturated heterocycles. The molecule has 0 aliphatic heterocycles. The highest BCUT2D eigenvalue weighted by Gasteiger charge is 2.23. The van der Waals surface area contributed by atoms with Gasteiger partial charge in [-0.1, -0.05) is 0 Å². The SMILES string of the molecule is COc1cc2c(nc1-c1nc3c(cc1OC)CCC3)CCC2. The third-order valence-corrected chi connectivity index (χ3v) is 4.70. The Kier molecular flexibility index (Phi) is 3.25. The van der Waals surface area contributed by atoms with Gasteiger partial charge in [0.05, 0.1) is 14.2 Å². The number of hydrogen-bond acceptors (Lipinski definition) is 4. The van der Waals surface area contributed by atoms with Gasteiger partial charge in [-0.15, -0.1) is 0 Å². The average Bonchev–Trinajstić information content (AvgIpc) is 3.19. The molecule has 4 heteroatoms. The largest absolute Gasteiger partial charge is 0.494 e. The summed E-state index contributed by atoms with van der Waals surface area (Å²) in [5.41, 5.74) is 6.60. The Morgan fingerprint density at radius 1 is 0.727 bits per heavy atom. The lowest BCUT2D eigenvalue weighted by Gasteiger charge is -2.14. The molecular formula is C18H20N2O2. The Labute approximate surface area is 130 Å². The van der Waals surface area contributed by atoms with Gasteiger partial charge in [0.25, 0.3) is 0 Å². The number of nitrogens with zero attached hydrogens (tertiary/aromatic N) is 2. The highest BCUT2D eigenvalue weighted by atomic mass is 16.5. The molecule has 2 aromatic rings. The van der Waals surface area contributed by atoms with Crippen LogP contribution in [0.25, 0.3) is 11.4 Å². The van der Waals surface area contributed by atoms with Gasteiger partial charge in [0.1, 0.15) is 22.9 Å². The fraction of sp³-hybridized carbons (Fsp3) is 0.444. The monoisotopic (exact) mass is 296 g/mol. The van der Waals surface area contributed by atoms with Crippen molar-refractivity contribution in [2.24, 2.45) is 0 Å². The van der Waals surface area contributed by atoms with Crippen LogP contribution in [0.5, 0.6) is 11.5 Å². The maximum atomic E-state index is 5.59. The van der Waals surface area contributed by atoms with E-state index >= 15 is 0 Å². The summed E-state index contributed by atoms with van der Waals surface area (Å²) >= 11 is 0. The highest BCUT2D eigenvalue weighted by Crippen LogP contribution is 2.38. The third kappa shape index (κ3) is 2.05. The molecule has 0 aromatic carbocycles. The fourth-order valence-electron chi connectivity index (χ4n) is 3.55. The van der Waals surface area contributed by atoms with Crippen LogP contribution in [0.2, 0.25) is 0 Å². The van der Waals surface area contributed by atoms with Crippen LogP contribution in [0.15, 0.2) is 12.1 Å². The molecule has 4 nitrogen and oxygen atoms in total. The summed E-state index contributed by atoms with van der Waals surface area (Å²) in [7, 11) is 3.39. The number of ether oxygens (including phenoxy) is 2. The minimum atomic E-state index is 0.796. The number of aromatic nitrogens is 2. The van der Waals surface area contributed by atoms with E-state index in [4.69, 9.17) is 19.4 Å². The minimum absolute atomic E-state index is 0.796. The number of hydrogen-bond donors (Lipinski definition) is 0. The van der Waals surface area contributed by atoms with E-state index in [-0.39, 0.29) is 0 Å². The van der Waals surface area contributed by atoms with Crippen molar-refractivity contribution in [2.75, 3.05) is 14.2 Å². The highest BCUT2D eigenvalue weighted by molar-refractivity contribution is 5.70. The number of rotatable bonds is 3. The van der Waals surface area contributed by atoms with Gasteiger partial charge in [0.2, 0.25) is 0 Å². The molecule has 4 rings (SSSR count). The number of fused-ring (bicyclic) bond motifs is 2. The topological polar surface area (TPSA) is 44.2 Å². The minimum Gasteiger partial charge on any atom is -0.494 e. The molecule has 2 heterocycles. The standard InChI is InChI=1S/C18H20N2O2/c1-21-15-9-11-5-3-7-13(11)19-17(15)18-16(22-2)10-12-6-4-8-14(12)20-18/h9-10H,3-8H2,1-2H3. The van der Waals surface area contributed by atoms with Gasteiger partial charge in [-0.05, 0) is 61.8 Å². The molecular weight excluding hydrogens is 276 g/mol. The van der Waals surface area contributed by atoms with Crippen molar-refractivity contribution < 1.29 is 9.47 Å². The summed E-state index contributed by atoms with van der Waals surface area (Å²) in [6.45, 7) is 0. The van der Waals surface area contributed by atoms with Crippen LogP contribution in [0.1, 0.15) is 35.4 Å². The van der Waals surface area contributed by atoms with Crippen molar-refractivity contribution in [3.8, 4) is 22.9 Å². The quantitative estimate of drug-likeness (QED) is 0.873. The molecule has 0 saturated carbocycles. The number of aryl methyl sites for hydroxylation is 4. The van der Waals surface area contributed by atoms with Gasteiger partial charge in [0.15, 0.2) is 0 Å². The first kappa shape index (κ1) is 13.6. The Morgan fingerprint density at radius 2 is 1.18 bits per heavy atom. The maximum absolute atomic E-state index is 5.59. The summed E-state index contributed by atoms with van der Waals surface area (Å²) in [5, 5.41) is 0. The number of methoxy groups -OCH3 is 2. The van der Waals surface area contributed by atoms with E-state index in [0.717, 1.165) is 48.6 Å². The fourth-order valence-corrected chi connectivity index (χ4v) is 3.55. The van der Waals surface area contributed by atoms with Gasteiger partial charge in [-0.2, -0.15) is 0 Å².